The van der Waals surface area contributed by atoms with Crippen molar-refractivity contribution < 1.29 is 22.6 Å². The Morgan fingerprint density at radius 1 is 1.19 bits per heavy atom. The molecular weight excluding hydrogens is 462 g/mol. The molecule has 0 atom stereocenters. The van der Waals surface area contributed by atoms with Gasteiger partial charge in [-0.2, -0.15) is 0 Å². The van der Waals surface area contributed by atoms with Crippen LogP contribution in [0.1, 0.15) is 25.8 Å². The zero-order chi connectivity index (χ0) is 18.7. The summed E-state index contributed by atoms with van der Waals surface area (Å²) in [6.07, 6.45) is -3.91. The molecule has 1 aromatic rings. The van der Waals surface area contributed by atoms with E-state index >= 15 is 0 Å². The average Bonchev–Trinajstić information content (AvgIpc) is 2.53. The van der Waals surface area contributed by atoms with Crippen LogP contribution in [0.15, 0.2) is 29.3 Å². The lowest BCUT2D eigenvalue weighted by Crippen LogP contribution is -2.37. The summed E-state index contributed by atoms with van der Waals surface area (Å²) in [6.45, 7) is 6.36. The lowest BCUT2D eigenvalue weighted by Gasteiger charge is -2.15. The van der Waals surface area contributed by atoms with E-state index in [-0.39, 0.29) is 36.3 Å². The number of nitrogens with zero attached hydrogens (tertiary/aromatic N) is 1. The molecule has 0 aliphatic carbocycles. The van der Waals surface area contributed by atoms with Crippen molar-refractivity contribution in [2.75, 3.05) is 26.8 Å². The second-order valence-corrected chi connectivity index (χ2v) is 5.83. The number of nitrogens with one attached hydrogen (secondary N) is 2. The molecule has 1 rings (SSSR count). The fourth-order valence-electron chi connectivity index (χ4n) is 1.97. The molecule has 1 aromatic carbocycles. The van der Waals surface area contributed by atoms with Crippen molar-refractivity contribution >= 4 is 29.9 Å². The molecule has 0 bridgehead atoms. The quantitative estimate of drug-likeness (QED) is 0.239. The van der Waals surface area contributed by atoms with Gasteiger partial charge in [0.05, 0.1) is 0 Å². The van der Waals surface area contributed by atoms with E-state index < -0.39 is 6.36 Å². The number of aliphatic imine (C=N–C) groups is 1. The fraction of sp³-hybridized carbons (Fsp3) is 0.588. The van der Waals surface area contributed by atoms with Crippen LogP contribution in [0.25, 0.3) is 0 Å². The van der Waals surface area contributed by atoms with Gasteiger partial charge in [-0.15, -0.1) is 37.1 Å². The number of guanidine groups is 1. The monoisotopic (exact) mass is 489 g/mol. The third kappa shape index (κ3) is 11.4. The van der Waals surface area contributed by atoms with Crippen molar-refractivity contribution in [3.05, 3.63) is 29.8 Å². The second kappa shape index (κ2) is 13.0. The number of benzene rings is 1. The number of halogens is 4. The van der Waals surface area contributed by atoms with E-state index in [2.05, 4.69) is 34.2 Å². The van der Waals surface area contributed by atoms with Gasteiger partial charge < -0.3 is 20.1 Å². The molecule has 2 N–H and O–H groups in total. The lowest BCUT2D eigenvalue weighted by atomic mass is 10.2. The first kappa shape index (κ1) is 24.8. The fourth-order valence-corrected chi connectivity index (χ4v) is 1.97. The van der Waals surface area contributed by atoms with Crippen LogP contribution in [0.4, 0.5) is 13.2 Å². The molecule has 0 heterocycles. The van der Waals surface area contributed by atoms with E-state index in [1.807, 2.05) is 0 Å². The molecule has 26 heavy (non-hydrogen) atoms. The van der Waals surface area contributed by atoms with Crippen molar-refractivity contribution in [1.29, 1.82) is 0 Å². The van der Waals surface area contributed by atoms with Gasteiger partial charge in [-0.3, -0.25) is 4.99 Å². The summed E-state index contributed by atoms with van der Waals surface area (Å²) in [5.41, 5.74) is 0.392. The van der Waals surface area contributed by atoms with Crippen molar-refractivity contribution in [2.24, 2.45) is 10.9 Å². The summed E-state index contributed by atoms with van der Waals surface area (Å²) in [7, 11) is 1.60. The maximum absolute atomic E-state index is 12.4. The Kier molecular flexibility index (Phi) is 12.4. The summed E-state index contributed by atoms with van der Waals surface area (Å²) in [5.74, 6) is 0.784. The minimum atomic E-state index is -4.72. The van der Waals surface area contributed by atoms with Crippen LogP contribution in [-0.2, 0) is 11.3 Å². The first-order chi connectivity index (χ1) is 11.8. The zero-order valence-electron chi connectivity index (χ0n) is 15.2. The minimum Gasteiger partial charge on any atom is -0.405 e. The smallest absolute Gasteiger partial charge is 0.405 e. The Labute approximate surface area is 169 Å². The topological polar surface area (TPSA) is 54.9 Å². The third-order valence-electron chi connectivity index (χ3n) is 3.08. The average molecular weight is 489 g/mol. The Morgan fingerprint density at radius 2 is 1.88 bits per heavy atom. The Hall–Kier alpha value is -1.23. The molecule has 5 nitrogen and oxygen atoms in total. The molecule has 9 heteroatoms. The van der Waals surface area contributed by atoms with Crippen LogP contribution < -0.4 is 15.4 Å². The maximum Gasteiger partial charge on any atom is 0.573 e. The molecule has 0 saturated carbocycles. The van der Waals surface area contributed by atoms with Crippen LogP contribution in [0.2, 0.25) is 0 Å². The molecule has 0 saturated heterocycles. The van der Waals surface area contributed by atoms with E-state index in [0.717, 1.165) is 13.0 Å². The highest BCUT2D eigenvalue weighted by Gasteiger charge is 2.31. The molecular formula is C17H27F3IN3O2. The molecule has 0 amide bonds. The first-order valence-corrected chi connectivity index (χ1v) is 8.17. The number of hydrogen-bond acceptors (Lipinski definition) is 3. The highest BCUT2D eigenvalue weighted by Crippen LogP contribution is 2.25. The molecule has 0 radical (unpaired) electrons. The van der Waals surface area contributed by atoms with Crippen LogP contribution in [0.3, 0.4) is 0 Å². The standard InChI is InChI=1S/C17H26F3N3O2.HI/c1-13(2)12-24-10-6-9-22-16(21-3)23-11-14-7-4-5-8-15(14)25-17(18,19)20;/h4-5,7-8,13H,6,9-12H2,1-3H3,(H2,21,22,23);1H. The van der Waals surface area contributed by atoms with Crippen LogP contribution in [0, 0.1) is 5.92 Å². The van der Waals surface area contributed by atoms with Crippen molar-refractivity contribution in [3.8, 4) is 5.75 Å². The van der Waals surface area contributed by atoms with Crippen LogP contribution >= 0.6 is 24.0 Å². The zero-order valence-corrected chi connectivity index (χ0v) is 17.6. The van der Waals surface area contributed by atoms with Gasteiger partial charge in [0.15, 0.2) is 5.96 Å². The summed E-state index contributed by atoms with van der Waals surface area (Å²) in [6, 6.07) is 6.01. The summed E-state index contributed by atoms with van der Waals surface area (Å²) < 4.78 is 46.7. The molecule has 0 aromatic heterocycles. The van der Waals surface area contributed by atoms with Crippen LogP contribution in [-0.4, -0.2) is 39.1 Å². The van der Waals surface area contributed by atoms with Gasteiger partial charge in [0.2, 0.25) is 0 Å². The molecule has 0 fully saturated rings. The van der Waals surface area contributed by atoms with Crippen LogP contribution in [0.5, 0.6) is 5.75 Å². The van der Waals surface area contributed by atoms with Gasteiger partial charge in [0.25, 0.3) is 0 Å². The predicted molar refractivity (Wildman–Crippen MR) is 107 cm³/mol. The number of hydrogen-bond donors (Lipinski definition) is 2. The third-order valence-corrected chi connectivity index (χ3v) is 3.08. The molecule has 0 aliphatic rings. The minimum absolute atomic E-state index is 0. The highest BCUT2D eigenvalue weighted by atomic mass is 127. The Balaban J connectivity index is 0.00000625. The number of rotatable bonds is 9. The molecule has 0 aliphatic heterocycles. The largest absolute Gasteiger partial charge is 0.573 e. The highest BCUT2D eigenvalue weighted by molar-refractivity contribution is 14.0. The first-order valence-electron chi connectivity index (χ1n) is 8.17. The van der Waals surface area contributed by atoms with Gasteiger partial charge in [0, 0.05) is 38.9 Å². The van der Waals surface area contributed by atoms with Gasteiger partial charge in [-0.1, -0.05) is 32.0 Å². The second-order valence-electron chi connectivity index (χ2n) is 5.83. The number of ether oxygens (including phenoxy) is 2. The van der Waals surface area contributed by atoms with E-state index in [9.17, 15) is 13.2 Å². The summed E-state index contributed by atoms with van der Waals surface area (Å²) >= 11 is 0. The van der Waals surface area contributed by atoms with Crippen molar-refractivity contribution in [3.63, 3.8) is 0 Å². The van der Waals surface area contributed by atoms with Gasteiger partial charge in [0.1, 0.15) is 5.75 Å². The predicted octanol–water partition coefficient (Wildman–Crippen LogP) is 3.93. The Morgan fingerprint density at radius 3 is 2.50 bits per heavy atom. The van der Waals surface area contributed by atoms with E-state index in [1.54, 1.807) is 19.2 Å². The lowest BCUT2D eigenvalue weighted by molar-refractivity contribution is -0.274. The molecule has 0 unspecified atom stereocenters. The number of alkyl halides is 3. The number of para-hydroxylation sites is 1. The van der Waals surface area contributed by atoms with Gasteiger partial charge in [-0.05, 0) is 18.4 Å². The van der Waals surface area contributed by atoms with E-state index in [0.29, 0.717) is 30.6 Å². The van der Waals surface area contributed by atoms with E-state index in [1.165, 1.54) is 12.1 Å². The normalized spacial score (nSPS) is 11.9. The SMILES string of the molecule is CN=C(NCCCOCC(C)C)NCc1ccccc1OC(F)(F)F.I. The van der Waals surface area contributed by atoms with Gasteiger partial charge in [-0.25, -0.2) is 0 Å². The van der Waals surface area contributed by atoms with Crippen molar-refractivity contribution in [1.82, 2.24) is 10.6 Å². The maximum atomic E-state index is 12.4. The van der Waals surface area contributed by atoms with Gasteiger partial charge >= 0.3 is 6.36 Å². The Bertz CT molecular complexity index is 540. The van der Waals surface area contributed by atoms with E-state index in [4.69, 9.17) is 4.74 Å². The van der Waals surface area contributed by atoms with Crippen molar-refractivity contribution in [2.45, 2.75) is 33.2 Å². The summed E-state index contributed by atoms with van der Waals surface area (Å²) in [5, 5.41) is 6.06. The molecule has 0 spiro atoms. The molecule has 150 valence electrons. The summed E-state index contributed by atoms with van der Waals surface area (Å²) in [4.78, 5) is 4.04.